The zero-order chi connectivity index (χ0) is 26.1. The maximum absolute atomic E-state index is 14.7. The van der Waals surface area contributed by atoms with Gasteiger partial charge in [0, 0.05) is 9.75 Å². The summed E-state index contributed by atoms with van der Waals surface area (Å²) < 4.78 is 58.9. The topological polar surface area (TPSA) is 106 Å². The van der Waals surface area contributed by atoms with Crippen molar-refractivity contribution >= 4 is 44.5 Å². The van der Waals surface area contributed by atoms with Gasteiger partial charge in [-0.15, -0.1) is 22.7 Å². The number of nitrogens with one attached hydrogen (secondary N) is 2. The third-order valence-corrected chi connectivity index (χ3v) is 8.90. The molecule has 0 atom stereocenters. The van der Waals surface area contributed by atoms with E-state index in [0.717, 1.165) is 71.0 Å². The first-order valence-corrected chi connectivity index (χ1v) is 13.2. The molecule has 36 heavy (non-hydrogen) atoms. The Hall–Kier alpha value is -2.96. The molecule has 0 aliphatic heterocycles. The van der Waals surface area contributed by atoms with Crippen LogP contribution >= 0.6 is 22.7 Å². The van der Waals surface area contributed by atoms with Crippen molar-refractivity contribution in [3.63, 3.8) is 0 Å². The van der Waals surface area contributed by atoms with Crippen LogP contribution in [-0.2, 0) is 35.3 Å². The van der Waals surface area contributed by atoms with Gasteiger partial charge < -0.3 is 10.6 Å². The molecule has 2 heterocycles. The van der Waals surface area contributed by atoms with E-state index >= 15 is 0 Å². The standard InChI is InChI=1S/C24H22F4N4O2S2/c25-23(26,21(33)31-19-15(11-29)13-7-3-1-5-9-17(13)35-19)24(27,28)22(34)32-20-16(12-30)14-8-4-2-6-10-18(14)36-20/h1-10H2,(H,31,33)(H,32,34). The van der Waals surface area contributed by atoms with Gasteiger partial charge in [0.25, 0.3) is 0 Å². The highest BCUT2D eigenvalue weighted by molar-refractivity contribution is 7.17. The van der Waals surface area contributed by atoms with Gasteiger partial charge >= 0.3 is 23.7 Å². The lowest BCUT2D eigenvalue weighted by Gasteiger charge is -2.24. The number of carbonyl (C=O) groups excluding carboxylic acids is 2. The number of hydrogen-bond donors (Lipinski definition) is 2. The van der Waals surface area contributed by atoms with Crippen molar-refractivity contribution in [3.05, 3.63) is 32.0 Å². The molecule has 0 radical (unpaired) electrons. The molecule has 12 heteroatoms. The van der Waals surface area contributed by atoms with Crippen LogP contribution < -0.4 is 10.6 Å². The van der Waals surface area contributed by atoms with Gasteiger partial charge in [-0.3, -0.25) is 9.59 Å². The monoisotopic (exact) mass is 538 g/mol. The zero-order valence-electron chi connectivity index (χ0n) is 19.1. The highest BCUT2D eigenvalue weighted by Gasteiger charge is 2.67. The molecule has 0 fully saturated rings. The zero-order valence-corrected chi connectivity index (χ0v) is 20.7. The molecule has 0 saturated heterocycles. The Labute approximate surface area is 212 Å². The Morgan fingerprint density at radius 3 is 1.39 bits per heavy atom. The van der Waals surface area contributed by atoms with E-state index in [0.29, 0.717) is 36.8 Å². The lowest BCUT2D eigenvalue weighted by molar-refractivity contribution is -0.204. The second kappa shape index (κ2) is 10.2. The van der Waals surface area contributed by atoms with Crippen LogP contribution in [0.25, 0.3) is 0 Å². The van der Waals surface area contributed by atoms with Crippen molar-refractivity contribution in [2.75, 3.05) is 10.6 Å². The van der Waals surface area contributed by atoms with E-state index < -0.39 is 23.7 Å². The molecule has 0 spiro atoms. The van der Waals surface area contributed by atoms with Gasteiger partial charge in [-0.2, -0.15) is 28.1 Å². The van der Waals surface area contributed by atoms with Crippen molar-refractivity contribution < 1.29 is 27.2 Å². The van der Waals surface area contributed by atoms with Gasteiger partial charge in [-0.25, -0.2) is 0 Å². The van der Waals surface area contributed by atoms with Gasteiger partial charge in [-0.05, 0) is 62.5 Å². The SMILES string of the molecule is N#Cc1c(NC(=O)C(F)(F)C(F)(F)C(=O)Nc2sc3c(c2C#N)CCCCC3)sc2c1CCCCC2. The van der Waals surface area contributed by atoms with E-state index in [1.165, 1.54) is 0 Å². The Morgan fingerprint density at radius 1 is 0.667 bits per heavy atom. The molecule has 4 rings (SSSR count). The molecule has 2 N–H and O–H groups in total. The van der Waals surface area contributed by atoms with Crippen LogP contribution in [0.15, 0.2) is 0 Å². The van der Waals surface area contributed by atoms with Crippen molar-refractivity contribution in [1.82, 2.24) is 0 Å². The Balaban J connectivity index is 1.55. The predicted octanol–water partition coefficient (Wildman–Crippen LogP) is 5.94. The van der Waals surface area contributed by atoms with Gasteiger partial charge in [0.2, 0.25) is 0 Å². The number of nitriles is 2. The maximum atomic E-state index is 14.7. The van der Waals surface area contributed by atoms with Crippen molar-refractivity contribution in [1.29, 1.82) is 10.5 Å². The fourth-order valence-electron chi connectivity index (χ4n) is 4.55. The fraction of sp³-hybridized carbons (Fsp3) is 0.500. The number of carbonyl (C=O) groups is 2. The average Bonchev–Trinajstić information content (AvgIpc) is 3.10. The highest BCUT2D eigenvalue weighted by Crippen LogP contribution is 2.42. The summed E-state index contributed by atoms with van der Waals surface area (Å²) in [6.45, 7) is 0. The summed E-state index contributed by atoms with van der Waals surface area (Å²) >= 11 is 1.84. The third kappa shape index (κ3) is 4.60. The summed E-state index contributed by atoms with van der Waals surface area (Å²) in [4.78, 5) is 26.2. The van der Waals surface area contributed by atoms with Gasteiger partial charge in [0.05, 0.1) is 11.1 Å². The number of amides is 2. The molecule has 2 aliphatic carbocycles. The molecular formula is C24H22F4N4O2S2. The number of alkyl halides is 4. The summed E-state index contributed by atoms with van der Waals surface area (Å²) in [7, 11) is 0. The largest absolute Gasteiger partial charge is 0.396 e. The predicted molar refractivity (Wildman–Crippen MR) is 128 cm³/mol. The van der Waals surface area contributed by atoms with E-state index in [9.17, 15) is 37.7 Å². The second-order valence-corrected chi connectivity index (χ2v) is 11.0. The Kier molecular flexibility index (Phi) is 7.39. The minimum absolute atomic E-state index is 0.00688. The summed E-state index contributed by atoms with van der Waals surface area (Å²) in [6.07, 6.45) is 7.39. The van der Waals surface area contributed by atoms with Crippen LogP contribution in [0.2, 0.25) is 0 Å². The van der Waals surface area contributed by atoms with Crippen LogP contribution in [0.5, 0.6) is 0 Å². The summed E-state index contributed by atoms with van der Waals surface area (Å²) in [5.74, 6) is -15.6. The normalized spacial score (nSPS) is 15.9. The van der Waals surface area contributed by atoms with E-state index in [-0.39, 0.29) is 21.1 Å². The van der Waals surface area contributed by atoms with Crippen molar-refractivity contribution in [2.45, 2.75) is 76.1 Å². The first-order chi connectivity index (χ1) is 17.1. The number of hydrogen-bond acceptors (Lipinski definition) is 6. The van der Waals surface area contributed by atoms with Crippen LogP contribution in [0, 0.1) is 22.7 Å². The van der Waals surface area contributed by atoms with Crippen LogP contribution in [0.1, 0.15) is 70.5 Å². The van der Waals surface area contributed by atoms with E-state index in [1.807, 2.05) is 12.1 Å². The summed E-state index contributed by atoms with van der Waals surface area (Å²) in [6, 6.07) is 3.76. The van der Waals surface area contributed by atoms with Crippen LogP contribution in [0.4, 0.5) is 27.6 Å². The van der Waals surface area contributed by atoms with Crippen LogP contribution in [0.3, 0.4) is 0 Å². The average molecular weight is 539 g/mol. The molecule has 0 saturated carbocycles. The second-order valence-electron chi connectivity index (χ2n) is 8.82. The summed E-state index contributed by atoms with van der Waals surface area (Å²) in [5, 5.41) is 22.1. The number of aryl methyl sites for hydroxylation is 2. The molecule has 2 amide bonds. The summed E-state index contributed by atoms with van der Waals surface area (Å²) in [5.41, 5.74) is 1.27. The first-order valence-electron chi connectivity index (χ1n) is 11.6. The molecule has 2 aliphatic rings. The Morgan fingerprint density at radius 2 is 1.03 bits per heavy atom. The first kappa shape index (κ1) is 26.1. The number of nitrogens with zero attached hydrogens (tertiary/aromatic N) is 2. The minimum Gasteiger partial charge on any atom is -0.311 e. The number of anilines is 2. The fourth-order valence-corrected chi connectivity index (χ4v) is 7.02. The van der Waals surface area contributed by atoms with Gasteiger partial charge in [0.15, 0.2) is 0 Å². The molecule has 0 unspecified atom stereocenters. The lowest BCUT2D eigenvalue weighted by Crippen LogP contribution is -2.56. The molecule has 190 valence electrons. The van der Waals surface area contributed by atoms with Gasteiger partial charge in [0.1, 0.15) is 22.1 Å². The number of thiophene rings is 2. The van der Waals surface area contributed by atoms with Crippen molar-refractivity contribution in [2.24, 2.45) is 0 Å². The molecule has 0 bridgehead atoms. The van der Waals surface area contributed by atoms with E-state index in [4.69, 9.17) is 0 Å². The van der Waals surface area contributed by atoms with Crippen molar-refractivity contribution in [3.8, 4) is 12.1 Å². The van der Waals surface area contributed by atoms with E-state index in [1.54, 1.807) is 10.6 Å². The Bertz CT molecular complexity index is 1190. The number of fused-ring (bicyclic) bond motifs is 2. The molecule has 2 aromatic rings. The highest BCUT2D eigenvalue weighted by atomic mass is 32.1. The molecular weight excluding hydrogens is 516 g/mol. The number of halogens is 4. The lowest BCUT2D eigenvalue weighted by atomic mass is 10.1. The molecule has 0 aromatic carbocycles. The third-order valence-electron chi connectivity index (χ3n) is 6.49. The smallest absolute Gasteiger partial charge is 0.311 e. The quantitative estimate of drug-likeness (QED) is 0.363. The van der Waals surface area contributed by atoms with Gasteiger partial charge in [-0.1, -0.05) is 12.8 Å². The van der Waals surface area contributed by atoms with Crippen LogP contribution in [-0.4, -0.2) is 23.7 Å². The number of rotatable bonds is 5. The maximum Gasteiger partial charge on any atom is 0.396 e. The molecule has 6 nitrogen and oxygen atoms in total. The van der Waals surface area contributed by atoms with E-state index in [2.05, 4.69) is 0 Å². The minimum atomic E-state index is -5.41. The molecule has 2 aromatic heterocycles.